The molecule has 2 bridgehead atoms. The van der Waals surface area contributed by atoms with Crippen molar-refractivity contribution in [3.05, 3.63) is 30.1 Å². The molecule has 3 aliphatic heterocycles. The molecule has 3 saturated heterocycles. The van der Waals surface area contributed by atoms with Gasteiger partial charge in [0.25, 0.3) is 0 Å². The van der Waals surface area contributed by atoms with Gasteiger partial charge in [-0.3, -0.25) is 14.7 Å². The monoisotopic (exact) mass is 276 g/mol. The van der Waals surface area contributed by atoms with Crippen LogP contribution in [0.3, 0.4) is 0 Å². The third kappa shape index (κ3) is 1.89. The zero-order valence-electron chi connectivity index (χ0n) is 11.7. The van der Waals surface area contributed by atoms with Crippen molar-refractivity contribution in [3.8, 4) is 0 Å². The van der Waals surface area contributed by atoms with E-state index >= 15 is 0 Å². The van der Waals surface area contributed by atoms with Gasteiger partial charge in [0.05, 0.1) is 13.2 Å². The quantitative estimate of drug-likeness (QED) is 0.881. The molecule has 0 aliphatic carbocycles. The van der Waals surface area contributed by atoms with E-state index in [9.17, 15) is 9.90 Å². The lowest BCUT2D eigenvalue weighted by Crippen LogP contribution is -2.69. The number of aliphatic hydroxyl groups excluding tert-OH is 1. The lowest BCUT2D eigenvalue weighted by atomic mass is 9.69. The summed E-state index contributed by atoms with van der Waals surface area (Å²) in [5.41, 5.74) is 0.231. The van der Waals surface area contributed by atoms with E-state index < -0.39 is 5.54 Å². The minimum atomic E-state index is -0.879. The Labute approximate surface area is 118 Å². The number of Topliss-reactive ketones (excluding diaryl/α,β-unsaturated/α-hetero) is 1. The summed E-state index contributed by atoms with van der Waals surface area (Å²) in [5, 5.41) is 9.87. The zero-order valence-corrected chi connectivity index (χ0v) is 11.7. The van der Waals surface area contributed by atoms with E-state index in [4.69, 9.17) is 4.74 Å². The van der Waals surface area contributed by atoms with E-state index in [0.717, 1.165) is 24.9 Å². The summed E-state index contributed by atoms with van der Waals surface area (Å²) < 4.78 is 5.24. The standard InChI is InChI=1S/C15H20N2O3/c1-20-10-15(9-18)14(19)11-4-6-17(15)13(7-11)12-3-2-5-16-8-12/h2-3,5,8,11,13,18H,4,6-7,9-10H2,1H3/t11?,13-,15?/m0/s1. The maximum atomic E-state index is 12.6. The molecule has 5 nitrogen and oxygen atoms in total. The number of carbonyl (C=O) groups excluding carboxylic acids is 1. The first-order valence-corrected chi connectivity index (χ1v) is 7.03. The van der Waals surface area contributed by atoms with Crippen molar-refractivity contribution in [2.45, 2.75) is 24.4 Å². The summed E-state index contributed by atoms with van der Waals surface area (Å²) in [4.78, 5) is 18.9. The minimum absolute atomic E-state index is 0.0208. The number of carbonyl (C=O) groups is 1. The van der Waals surface area contributed by atoms with Crippen LogP contribution in [0.2, 0.25) is 0 Å². The molecular weight excluding hydrogens is 256 g/mol. The number of pyridine rings is 1. The van der Waals surface area contributed by atoms with Crippen LogP contribution in [0.15, 0.2) is 24.5 Å². The van der Waals surface area contributed by atoms with Crippen molar-refractivity contribution in [2.75, 3.05) is 26.9 Å². The minimum Gasteiger partial charge on any atom is -0.394 e. The fourth-order valence-electron chi connectivity index (χ4n) is 3.73. The van der Waals surface area contributed by atoms with Crippen LogP contribution in [0.1, 0.15) is 24.4 Å². The highest BCUT2D eigenvalue weighted by atomic mass is 16.5. The van der Waals surface area contributed by atoms with Gasteiger partial charge in [0, 0.05) is 38.0 Å². The van der Waals surface area contributed by atoms with Crippen LogP contribution in [0.25, 0.3) is 0 Å². The van der Waals surface area contributed by atoms with Crippen molar-refractivity contribution in [1.82, 2.24) is 9.88 Å². The van der Waals surface area contributed by atoms with E-state index in [-0.39, 0.29) is 31.0 Å². The fraction of sp³-hybridized carbons (Fsp3) is 0.600. The number of nitrogens with zero attached hydrogens (tertiary/aromatic N) is 2. The molecule has 0 amide bonds. The lowest BCUT2D eigenvalue weighted by molar-refractivity contribution is -0.166. The first-order chi connectivity index (χ1) is 9.73. The second-order valence-corrected chi connectivity index (χ2v) is 5.70. The molecule has 1 N–H and O–H groups in total. The molecule has 0 radical (unpaired) electrons. The summed E-state index contributed by atoms with van der Waals surface area (Å²) in [6.07, 6.45) is 5.29. The van der Waals surface area contributed by atoms with E-state index in [2.05, 4.69) is 9.88 Å². The molecular formula is C15H20N2O3. The number of fused-ring (bicyclic) bond motifs is 3. The Morgan fingerprint density at radius 1 is 1.60 bits per heavy atom. The summed E-state index contributed by atoms with van der Waals surface area (Å²) in [6.45, 7) is 0.877. The van der Waals surface area contributed by atoms with Crippen molar-refractivity contribution < 1.29 is 14.6 Å². The molecule has 4 rings (SSSR count). The molecule has 0 aromatic carbocycles. The number of ether oxygens (including phenoxy) is 1. The van der Waals surface area contributed by atoms with Gasteiger partial charge >= 0.3 is 0 Å². The van der Waals surface area contributed by atoms with Gasteiger partial charge in [0.1, 0.15) is 5.54 Å². The Bertz CT molecular complexity index is 493. The Balaban J connectivity index is 1.99. The predicted octanol–water partition coefficient (Wildman–Crippen LogP) is 0.795. The van der Waals surface area contributed by atoms with Gasteiger partial charge in [-0.2, -0.15) is 0 Å². The third-order valence-electron chi connectivity index (χ3n) is 4.70. The highest BCUT2D eigenvalue weighted by Crippen LogP contribution is 2.46. The first-order valence-electron chi connectivity index (χ1n) is 7.03. The van der Waals surface area contributed by atoms with Crippen LogP contribution in [-0.2, 0) is 9.53 Å². The van der Waals surface area contributed by atoms with Crippen molar-refractivity contribution in [3.63, 3.8) is 0 Å². The van der Waals surface area contributed by atoms with Gasteiger partial charge in [-0.25, -0.2) is 0 Å². The van der Waals surface area contributed by atoms with Crippen LogP contribution >= 0.6 is 0 Å². The molecule has 20 heavy (non-hydrogen) atoms. The number of aromatic nitrogens is 1. The molecule has 1 aromatic rings. The number of aliphatic hydroxyl groups is 1. The second-order valence-electron chi connectivity index (χ2n) is 5.70. The van der Waals surface area contributed by atoms with Gasteiger partial charge in [-0.15, -0.1) is 0 Å². The summed E-state index contributed by atoms with van der Waals surface area (Å²) >= 11 is 0. The molecule has 4 atom stereocenters. The average Bonchev–Trinajstić information content (AvgIpc) is 2.52. The number of hydrogen-bond donors (Lipinski definition) is 1. The number of rotatable bonds is 4. The van der Waals surface area contributed by atoms with E-state index in [0.29, 0.717) is 0 Å². The van der Waals surface area contributed by atoms with Gasteiger partial charge in [-0.1, -0.05) is 6.07 Å². The van der Waals surface area contributed by atoms with Crippen LogP contribution in [0, 0.1) is 5.92 Å². The molecule has 108 valence electrons. The van der Waals surface area contributed by atoms with Crippen LogP contribution in [-0.4, -0.2) is 53.2 Å². The first kappa shape index (κ1) is 13.7. The molecule has 4 heterocycles. The largest absolute Gasteiger partial charge is 0.394 e. The van der Waals surface area contributed by atoms with Crippen LogP contribution in [0.5, 0.6) is 0 Å². The summed E-state index contributed by atoms with van der Waals surface area (Å²) in [5.74, 6) is 0.153. The molecule has 3 aliphatic rings. The SMILES string of the molecule is COCC1(CO)C(=O)C2CCN1[C@H](c1cccnc1)C2. The number of piperidine rings is 3. The maximum absolute atomic E-state index is 12.6. The highest BCUT2D eigenvalue weighted by molar-refractivity contribution is 5.92. The molecule has 0 saturated carbocycles. The smallest absolute Gasteiger partial charge is 0.161 e. The zero-order chi connectivity index (χ0) is 14.2. The van der Waals surface area contributed by atoms with Crippen molar-refractivity contribution in [1.29, 1.82) is 0 Å². The van der Waals surface area contributed by atoms with E-state index in [1.807, 2.05) is 18.3 Å². The second kappa shape index (κ2) is 5.24. The van der Waals surface area contributed by atoms with Crippen molar-refractivity contribution in [2.24, 2.45) is 5.92 Å². The molecule has 5 heteroatoms. The summed E-state index contributed by atoms with van der Waals surface area (Å²) in [6, 6.07) is 4.09. The highest BCUT2D eigenvalue weighted by Gasteiger charge is 2.56. The Hall–Kier alpha value is -1.30. The lowest BCUT2D eigenvalue weighted by Gasteiger charge is -2.55. The number of methoxy groups -OCH3 is 1. The topological polar surface area (TPSA) is 62.7 Å². The van der Waals surface area contributed by atoms with E-state index in [1.165, 1.54) is 0 Å². The van der Waals surface area contributed by atoms with E-state index in [1.54, 1.807) is 13.3 Å². The average molecular weight is 276 g/mol. The third-order valence-corrected chi connectivity index (χ3v) is 4.70. The molecule has 3 fully saturated rings. The van der Waals surface area contributed by atoms with Gasteiger partial charge in [0.2, 0.25) is 0 Å². The maximum Gasteiger partial charge on any atom is 0.161 e. The van der Waals surface area contributed by atoms with Crippen LogP contribution in [0.4, 0.5) is 0 Å². The normalized spacial score (nSPS) is 36.3. The molecule has 1 aromatic heterocycles. The van der Waals surface area contributed by atoms with Gasteiger partial charge in [0.15, 0.2) is 5.78 Å². The van der Waals surface area contributed by atoms with Gasteiger partial charge in [-0.05, 0) is 24.5 Å². The Kier molecular flexibility index (Phi) is 3.58. The fourth-order valence-corrected chi connectivity index (χ4v) is 3.73. The molecule has 0 spiro atoms. The predicted molar refractivity (Wildman–Crippen MR) is 73.1 cm³/mol. The Morgan fingerprint density at radius 2 is 2.45 bits per heavy atom. The van der Waals surface area contributed by atoms with Crippen molar-refractivity contribution >= 4 is 5.78 Å². The number of ketones is 1. The number of hydrogen-bond acceptors (Lipinski definition) is 5. The Morgan fingerprint density at radius 3 is 3.10 bits per heavy atom. The van der Waals surface area contributed by atoms with Gasteiger partial charge < -0.3 is 9.84 Å². The molecule has 3 unspecified atom stereocenters. The van der Waals surface area contributed by atoms with Crippen LogP contribution < -0.4 is 0 Å². The summed E-state index contributed by atoms with van der Waals surface area (Å²) in [7, 11) is 1.58.